The van der Waals surface area contributed by atoms with Crippen molar-refractivity contribution in [3.05, 3.63) is 0 Å². The number of nitrogens with two attached hydrogens (primary N) is 2. The molecule has 1 atom stereocenters. The highest BCUT2D eigenvalue weighted by atomic mass is 32.2. The molecule has 0 saturated heterocycles. The molecule has 0 spiro atoms. The maximum Gasteiger partial charge on any atom is 0.187 e. The molecule has 0 amide bonds. The van der Waals surface area contributed by atoms with Gasteiger partial charge < -0.3 is 16.0 Å². The Bertz CT molecular complexity index is 227. The van der Waals surface area contributed by atoms with Gasteiger partial charge in [-0.1, -0.05) is 0 Å². The van der Waals surface area contributed by atoms with Crippen LogP contribution in [0.5, 0.6) is 0 Å². The maximum atomic E-state index is 10.1. The van der Waals surface area contributed by atoms with Crippen molar-refractivity contribution in [2.45, 2.75) is 12.3 Å². The van der Waals surface area contributed by atoms with Crippen LogP contribution in [0, 0.1) is 0 Å². The fraction of sp³-hybridized carbons (Fsp3) is 0.667. The van der Waals surface area contributed by atoms with Gasteiger partial charge >= 0.3 is 0 Å². The van der Waals surface area contributed by atoms with Crippen molar-refractivity contribution in [1.29, 1.82) is 0 Å². The predicted molar refractivity (Wildman–Crippen MR) is 35.0 cm³/mol. The largest absolute Gasteiger partial charge is 0.746 e. The summed E-state index contributed by atoms with van der Waals surface area (Å²) in [6, 6.07) is 0. The zero-order chi connectivity index (χ0) is 8.36. The van der Waals surface area contributed by atoms with Gasteiger partial charge in [0, 0.05) is 0 Å². The Labute approximate surface area is 58.7 Å². The third kappa shape index (κ3) is 3.25. The third-order valence-electron chi connectivity index (χ3n) is 0.749. The standard InChI is InChI=1S/C3H9N3O3S/c1-2(6-3(4)5)10(7,8)9/h2H,1H3,(H4,4,5,6)(H,7,8,9)/p-1. The van der Waals surface area contributed by atoms with Gasteiger partial charge in [-0.2, -0.15) is 0 Å². The summed E-state index contributed by atoms with van der Waals surface area (Å²) in [7, 11) is -4.40. The summed E-state index contributed by atoms with van der Waals surface area (Å²) in [4.78, 5) is 3.12. The average Bonchev–Trinajstić information content (AvgIpc) is 1.60. The van der Waals surface area contributed by atoms with Gasteiger partial charge in [0.15, 0.2) is 5.96 Å². The highest BCUT2D eigenvalue weighted by Crippen LogP contribution is 1.96. The van der Waals surface area contributed by atoms with Gasteiger partial charge in [0.05, 0.1) is 0 Å². The fourth-order valence-electron chi connectivity index (χ4n) is 0.274. The summed E-state index contributed by atoms with van der Waals surface area (Å²) < 4.78 is 30.3. The molecule has 0 heterocycles. The molecule has 0 saturated carbocycles. The lowest BCUT2D eigenvalue weighted by molar-refractivity contribution is 0.452. The molecule has 0 fully saturated rings. The number of rotatable bonds is 2. The second-order valence-corrected chi connectivity index (χ2v) is 3.31. The Morgan fingerprint density at radius 1 is 1.60 bits per heavy atom. The quantitative estimate of drug-likeness (QED) is 0.283. The van der Waals surface area contributed by atoms with E-state index in [0.717, 1.165) is 6.92 Å². The lowest BCUT2D eigenvalue weighted by Crippen LogP contribution is -2.27. The summed E-state index contributed by atoms with van der Waals surface area (Å²) in [5, 5.41) is -1.41. The van der Waals surface area contributed by atoms with Crippen LogP contribution in [0.2, 0.25) is 0 Å². The first-order valence-electron chi connectivity index (χ1n) is 2.37. The Morgan fingerprint density at radius 2 is 2.00 bits per heavy atom. The first kappa shape index (κ1) is 9.18. The molecule has 10 heavy (non-hydrogen) atoms. The van der Waals surface area contributed by atoms with Crippen LogP contribution in [0.3, 0.4) is 0 Å². The molecule has 7 heteroatoms. The Hall–Kier alpha value is -0.820. The Morgan fingerprint density at radius 3 is 2.10 bits per heavy atom. The first-order valence-corrected chi connectivity index (χ1v) is 3.84. The van der Waals surface area contributed by atoms with E-state index in [2.05, 4.69) is 4.99 Å². The summed E-state index contributed by atoms with van der Waals surface area (Å²) in [6.45, 7) is 1.10. The van der Waals surface area contributed by atoms with E-state index >= 15 is 0 Å². The van der Waals surface area contributed by atoms with Crippen molar-refractivity contribution < 1.29 is 13.0 Å². The molecule has 6 nitrogen and oxygen atoms in total. The van der Waals surface area contributed by atoms with E-state index < -0.39 is 21.5 Å². The summed E-state index contributed by atoms with van der Waals surface area (Å²) in [5.41, 5.74) is 9.63. The second-order valence-electron chi connectivity index (χ2n) is 1.65. The maximum absolute atomic E-state index is 10.1. The average molecular weight is 166 g/mol. The number of hydrogen-bond acceptors (Lipinski definition) is 4. The highest BCUT2D eigenvalue weighted by molar-refractivity contribution is 7.86. The summed E-state index contributed by atoms with van der Waals surface area (Å²) >= 11 is 0. The van der Waals surface area contributed by atoms with E-state index in [4.69, 9.17) is 11.5 Å². The van der Waals surface area contributed by atoms with Crippen molar-refractivity contribution in [1.82, 2.24) is 0 Å². The Kier molecular flexibility index (Phi) is 2.61. The Balaban J connectivity index is 4.42. The number of guanidine groups is 1. The van der Waals surface area contributed by atoms with E-state index in [9.17, 15) is 13.0 Å². The minimum Gasteiger partial charge on any atom is -0.746 e. The van der Waals surface area contributed by atoms with Crippen LogP contribution in [0.15, 0.2) is 4.99 Å². The van der Waals surface area contributed by atoms with Crippen molar-refractivity contribution in [3.63, 3.8) is 0 Å². The van der Waals surface area contributed by atoms with Gasteiger partial charge in [0.2, 0.25) is 0 Å². The van der Waals surface area contributed by atoms with Crippen LogP contribution in [0.25, 0.3) is 0 Å². The van der Waals surface area contributed by atoms with Gasteiger partial charge in [-0.25, -0.2) is 13.4 Å². The molecule has 0 aromatic heterocycles. The molecular weight excluding hydrogens is 158 g/mol. The summed E-state index contributed by atoms with van der Waals surface area (Å²) in [5.74, 6) is -0.410. The molecule has 0 aromatic rings. The molecule has 0 rings (SSSR count). The molecule has 0 radical (unpaired) electrons. The highest BCUT2D eigenvalue weighted by Gasteiger charge is 2.06. The molecule has 60 valence electrons. The van der Waals surface area contributed by atoms with Crippen LogP contribution in [-0.4, -0.2) is 24.3 Å². The molecular formula is C3H8N3O3S-. The number of aliphatic imine (C=N–C) groups is 1. The minimum absolute atomic E-state index is 0.410. The minimum atomic E-state index is -4.40. The van der Waals surface area contributed by atoms with Crippen molar-refractivity contribution in [2.24, 2.45) is 16.5 Å². The van der Waals surface area contributed by atoms with E-state index in [1.807, 2.05) is 0 Å². The van der Waals surface area contributed by atoms with Crippen LogP contribution in [-0.2, 0) is 10.1 Å². The van der Waals surface area contributed by atoms with E-state index in [1.54, 1.807) is 0 Å². The van der Waals surface area contributed by atoms with E-state index in [-0.39, 0.29) is 0 Å². The van der Waals surface area contributed by atoms with Crippen LogP contribution >= 0.6 is 0 Å². The smallest absolute Gasteiger partial charge is 0.187 e. The zero-order valence-electron chi connectivity index (χ0n) is 5.31. The monoisotopic (exact) mass is 166 g/mol. The van der Waals surface area contributed by atoms with Crippen LogP contribution in [0.1, 0.15) is 6.92 Å². The van der Waals surface area contributed by atoms with Gasteiger partial charge in [-0.3, -0.25) is 0 Å². The van der Waals surface area contributed by atoms with Gasteiger partial charge in [-0.15, -0.1) is 0 Å². The van der Waals surface area contributed by atoms with Crippen LogP contribution in [0.4, 0.5) is 0 Å². The molecule has 0 aliphatic heterocycles. The fourth-order valence-corrected chi connectivity index (χ4v) is 0.525. The van der Waals surface area contributed by atoms with Crippen molar-refractivity contribution in [2.75, 3.05) is 0 Å². The van der Waals surface area contributed by atoms with E-state index in [0.29, 0.717) is 0 Å². The van der Waals surface area contributed by atoms with Gasteiger partial charge in [0.25, 0.3) is 0 Å². The van der Waals surface area contributed by atoms with Crippen molar-refractivity contribution in [3.8, 4) is 0 Å². The van der Waals surface area contributed by atoms with Gasteiger partial charge in [0.1, 0.15) is 15.5 Å². The lowest BCUT2D eigenvalue weighted by atomic mass is 10.8. The van der Waals surface area contributed by atoms with Crippen molar-refractivity contribution >= 4 is 16.1 Å². The van der Waals surface area contributed by atoms with Gasteiger partial charge in [-0.05, 0) is 6.92 Å². The number of nitrogens with zero attached hydrogens (tertiary/aromatic N) is 1. The van der Waals surface area contributed by atoms with E-state index in [1.165, 1.54) is 0 Å². The second kappa shape index (κ2) is 2.84. The first-order chi connectivity index (χ1) is 4.34. The zero-order valence-corrected chi connectivity index (χ0v) is 6.13. The predicted octanol–water partition coefficient (Wildman–Crippen LogP) is -1.85. The topological polar surface area (TPSA) is 122 Å². The SMILES string of the molecule is CC(N=C(N)N)S(=O)(=O)[O-]. The number of hydrogen-bond donors (Lipinski definition) is 2. The normalized spacial score (nSPS) is 14.2. The molecule has 0 aromatic carbocycles. The molecule has 1 unspecified atom stereocenters. The molecule has 4 N–H and O–H groups in total. The molecule has 0 aliphatic carbocycles. The summed E-state index contributed by atoms with van der Waals surface area (Å²) in [6.07, 6.45) is 0. The molecule has 0 aliphatic rings. The molecule has 0 bridgehead atoms. The van der Waals surface area contributed by atoms with Crippen LogP contribution < -0.4 is 11.5 Å². The lowest BCUT2D eigenvalue weighted by Gasteiger charge is -2.10. The third-order valence-corrected chi connectivity index (χ3v) is 1.69.